The lowest BCUT2D eigenvalue weighted by atomic mass is 9.94. The van der Waals surface area contributed by atoms with Gasteiger partial charge in [0.15, 0.2) is 0 Å². The van der Waals surface area contributed by atoms with Gasteiger partial charge in [0.25, 0.3) is 0 Å². The number of hydrogen-bond acceptors (Lipinski definition) is 3. The lowest BCUT2D eigenvalue weighted by Gasteiger charge is -2.12. The van der Waals surface area contributed by atoms with Crippen molar-refractivity contribution in [2.75, 3.05) is 0 Å². The topological polar surface area (TPSA) is 94.8 Å². The second-order valence-electron chi connectivity index (χ2n) is 3.85. The zero-order valence-corrected chi connectivity index (χ0v) is 9.35. The molecule has 0 fully saturated rings. The van der Waals surface area contributed by atoms with Gasteiger partial charge in [-0.1, -0.05) is 19.4 Å². The van der Waals surface area contributed by atoms with Crippen molar-refractivity contribution in [2.45, 2.75) is 38.7 Å². The summed E-state index contributed by atoms with van der Waals surface area (Å²) >= 11 is 0. The number of carboxylic acid groups (broad SMARTS) is 2. The molecular weight excluding hydrogens is 212 g/mol. The molecule has 0 bridgehead atoms. The van der Waals surface area contributed by atoms with Crippen LogP contribution in [0.15, 0.2) is 12.2 Å². The number of unbranched alkanes of at least 4 members (excludes halogenated alkanes) is 1. The first-order valence-corrected chi connectivity index (χ1v) is 5.19. The molecule has 2 atom stereocenters. The number of rotatable bonds is 8. The molecule has 0 aliphatic carbocycles. The van der Waals surface area contributed by atoms with E-state index in [1.54, 1.807) is 6.92 Å². The number of hydrogen-bond donors (Lipinski definition) is 3. The van der Waals surface area contributed by atoms with E-state index in [0.29, 0.717) is 19.3 Å². The fraction of sp³-hybridized carbons (Fsp3) is 0.636. The summed E-state index contributed by atoms with van der Waals surface area (Å²) in [6.45, 7) is 4.92. The fourth-order valence-electron chi connectivity index (χ4n) is 1.38. The molecule has 0 saturated heterocycles. The molecule has 0 aromatic rings. The summed E-state index contributed by atoms with van der Waals surface area (Å²) in [6.07, 6.45) is 1.66. The summed E-state index contributed by atoms with van der Waals surface area (Å²) in [7, 11) is 0. The van der Waals surface area contributed by atoms with E-state index >= 15 is 0 Å². The highest BCUT2D eigenvalue weighted by atomic mass is 16.4. The molecule has 0 rings (SSSR count). The van der Waals surface area contributed by atoms with Crippen molar-refractivity contribution in [3.05, 3.63) is 12.2 Å². The predicted octanol–water partition coefficient (Wildman–Crippen LogP) is 1.27. The Morgan fingerprint density at radius 1 is 1.19 bits per heavy atom. The SMILES string of the molecule is C=C(C(=O)O)[C@@H](CCCC[C@@H](C)O)C(=O)O. The predicted molar refractivity (Wildman–Crippen MR) is 58.1 cm³/mol. The normalized spacial score (nSPS) is 14.1. The Hall–Kier alpha value is -1.36. The zero-order valence-electron chi connectivity index (χ0n) is 9.35. The molecule has 0 aromatic heterocycles. The van der Waals surface area contributed by atoms with Crippen molar-refractivity contribution in [1.82, 2.24) is 0 Å². The fourth-order valence-corrected chi connectivity index (χ4v) is 1.38. The Morgan fingerprint density at radius 3 is 2.06 bits per heavy atom. The lowest BCUT2D eigenvalue weighted by molar-refractivity contribution is -0.144. The average molecular weight is 230 g/mol. The third kappa shape index (κ3) is 5.50. The molecule has 0 heterocycles. The van der Waals surface area contributed by atoms with Crippen molar-refractivity contribution in [2.24, 2.45) is 5.92 Å². The minimum atomic E-state index is -1.28. The minimum absolute atomic E-state index is 0.243. The maximum atomic E-state index is 10.8. The molecule has 0 aliphatic rings. The van der Waals surface area contributed by atoms with Crippen LogP contribution in [0.3, 0.4) is 0 Å². The van der Waals surface area contributed by atoms with E-state index in [4.69, 9.17) is 15.3 Å². The Kier molecular flexibility index (Phi) is 6.41. The highest BCUT2D eigenvalue weighted by Crippen LogP contribution is 2.18. The van der Waals surface area contributed by atoms with Crippen LogP contribution in [0.5, 0.6) is 0 Å². The van der Waals surface area contributed by atoms with E-state index in [1.807, 2.05) is 0 Å². The molecule has 5 heteroatoms. The summed E-state index contributed by atoms with van der Waals surface area (Å²) in [5.74, 6) is -3.47. The third-order valence-corrected chi connectivity index (χ3v) is 2.36. The Labute approximate surface area is 94.4 Å². The molecule has 3 N–H and O–H groups in total. The van der Waals surface area contributed by atoms with Crippen LogP contribution in [0.1, 0.15) is 32.6 Å². The highest BCUT2D eigenvalue weighted by molar-refractivity contribution is 5.93. The van der Waals surface area contributed by atoms with Gasteiger partial charge in [-0.15, -0.1) is 0 Å². The highest BCUT2D eigenvalue weighted by Gasteiger charge is 2.24. The van der Waals surface area contributed by atoms with Gasteiger partial charge in [0.05, 0.1) is 12.0 Å². The maximum absolute atomic E-state index is 10.8. The van der Waals surface area contributed by atoms with Crippen LogP contribution in [-0.4, -0.2) is 33.4 Å². The molecule has 0 saturated carbocycles. The molecule has 0 spiro atoms. The van der Waals surface area contributed by atoms with Gasteiger partial charge in [-0.3, -0.25) is 4.79 Å². The van der Waals surface area contributed by atoms with E-state index in [2.05, 4.69) is 6.58 Å². The van der Waals surface area contributed by atoms with Crippen molar-refractivity contribution in [3.8, 4) is 0 Å². The van der Waals surface area contributed by atoms with Crippen LogP contribution in [0.4, 0.5) is 0 Å². The first-order valence-electron chi connectivity index (χ1n) is 5.19. The van der Waals surface area contributed by atoms with Crippen molar-refractivity contribution >= 4 is 11.9 Å². The van der Waals surface area contributed by atoms with Crippen LogP contribution in [0, 0.1) is 5.92 Å². The van der Waals surface area contributed by atoms with Gasteiger partial charge >= 0.3 is 11.9 Å². The van der Waals surface area contributed by atoms with Crippen molar-refractivity contribution < 1.29 is 24.9 Å². The minimum Gasteiger partial charge on any atom is -0.481 e. The van der Waals surface area contributed by atoms with E-state index in [9.17, 15) is 9.59 Å². The smallest absolute Gasteiger partial charge is 0.331 e. The van der Waals surface area contributed by atoms with Crippen LogP contribution in [-0.2, 0) is 9.59 Å². The van der Waals surface area contributed by atoms with E-state index in [0.717, 1.165) is 0 Å². The molecule has 92 valence electrons. The molecule has 5 nitrogen and oxygen atoms in total. The van der Waals surface area contributed by atoms with Crippen molar-refractivity contribution in [1.29, 1.82) is 0 Å². The zero-order chi connectivity index (χ0) is 12.7. The van der Waals surface area contributed by atoms with Crippen LogP contribution in [0.25, 0.3) is 0 Å². The largest absolute Gasteiger partial charge is 0.481 e. The van der Waals surface area contributed by atoms with Crippen LogP contribution >= 0.6 is 0 Å². The quantitative estimate of drug-likeness (QED) is 0.431. The summed E-state index contributed by atoms with van der Waals surface area (Å²) in [6, 6.07) is 0. The van der Waals surface area contributed by atoms with Gasteiger partial charge < -0.3 is 15.3 Å². The van der Waals surface area contributed by atoms with E-state index in [1.165, 1.54) is 0 Å². The molecule has 0 radical (unpaired) electrons. The molecule has 0 aromatic carbocycles. The standard InChI is InChI=1S/C11H18O5/c1-7(12)5-3-4-6-9(11(15)16)8(2)10(13)14/h7,9,12H,2-6H2,1H3,(H,13,14)(H,15,16)/t7-,9-/m1/s1. The number of aliphatic hydroxyl groups is 1. The number of carbonyl (C=O) groups is 2. The summed E-state index contributed by atoms with van der Waals surface area (Å²) < 4.78 is 0. The number of aliphatic carboxylic acids is 2. The van der Waals surface area contributed by atoms with E-state index in [-0.39, 0.29) is 12.0 Å². The van der Waals surface area contributed by atoms with Gasteiger partial charge in [-0.05, 0) is 19.8 Å². The second kappa shape index (κ2) is 7.00. The molecular formula is C11H18O5. The lowest BCUT2D eigenvalue weighted by Crippen LogP contribution is -2.20. The number of aliphatic hydroxyl groups excluding tert-OH is 1. The molecule has 16 heavy (non-hydrogen) atoms. The average Bonchev–Trinajstić information content (AvgIpc) is 2.15. The monoisotopic (exact) mass is 230 g/mol. The van der Waals surface area contributed by atoms with Gasteiger partial charge in [0.1, 0.15) is 0 Å². The second-order valence-corrected chi connectivity index (χ2v) is 3.85. The third-order valence-electron chi connectivity index (χ3n) is 2.36. The summed E-state index contributed by atoms with van der Waals surface area (Å²) in [4.78, 5) is 21.4. The van der Waals surface area contributed by atoms with Crippen molar-refractivity contribution in [3.63, 3.8) is 0 Å². The maximum Gasteiger partial charge on any atom is 0.331 e. The number of carboxylic acids is 2. The Bertz CT molecular complexity index is 270. The van der Waals surface area contributed by atoms with Gasteiger partial charge in [0, 0.05) is 5.57 Å². The summed E-state index contributed by atoms with van der Waals surface area (Å²) in [5.41, 5.74) is -0.287. The first-order chi connectivity index (χ1) is 7.36. The van der Waals surface area contributed by atoms with Crippen LogP contribution < -0.4 is 0 Å². The van der Waals surface area contributed by atoms with E-state index < -0.39 is 24.0 Å². The Morgan fingerprint density at radius 2 is 1.69 bits per heavy atom. The summed E-state index contributed by atoms with van der Waals surface area (Å²) in [5, 5.41) is 26.5. The molecule has 0 unspecified atom stereocenters. The molecule has 0 amide bonds. The Balaban J connectivity index is 4.11. The van der Waals surface area contributed by atoms with Gasteiger partial charge in [-0.2, -0.15) is 0 Å². The van der Waals surface area contributed by atoms with Crippen LogP contribution in [0.2, 0.25) is 0 Å². The van der Waals surface area contributed by atoms with Gasteiger partial charge in [-0.25, -0.2) is 4.79 Å². The first kappa shape index (κ1) is 14.6. The molecule has 0 aliphatic heterocycles. The van der Waals surface area contributed by atoms with Gasteiger partial charge in [0.2, 0.25) is 0 Å².